The molecule has 1 aliphatic rings. The van der Waals surface area contributed by atoms with E-state index in [0.717, 1.165) is 18.5 Å². The zero-order valence-corrected chi connectivity index (χ0v) is 12.0. The summed E-state index contributed by atoms with van der Waals surface area (Å²) in [5.41, 5.74) is 0.760. The number of aliphatic hydroxyl groups is 1. The van der Waals surface area contributed by atoms with Gasteiger partial charge in [0, 0.05) is 21.7 Å². The van der Waals surface area contributed by atoms with Crippen molar-refractivity contribution in [3.63, 3.8) is 0 Å². The monoisotopic (exact) mass is 287 g/mol. The molecule has 1 aromatic carbocycles. The van der Waals surface area contributed by atoms with Crippen LogP contribution in [0.25, 0.3) is 0 Å². The lowest BCUT2D eigenvalue weighted by Crippen LogP contribution is -2.42. The van der Waals surface area contributed by atoms with Crippen LogP contribution in [0.5, 0.6) is 0 Å². The second kappa shape index (κ2) is 6.25. The molecule has 1 saturated heterocycles. The van der Waals surface area contributed by atoms with Gasteiger partial charge in [0.25, 0.3) is 0 Å². The van der Waals surface area contributed by atoms with Gasteiger partial charge in [-0.1, -0.05) is 42.6 Å². The highest BCUT2D eigenvalue weighted by Crippen LogP contribution is 2.32. The molecular formula is C14H19Cl2NO. The molecule has 1 aromatic rings. The van der Waals surface area contributed by atoms with Crippen molar-refractivity contribution in [1.82, 2.24) is 5.32 Å². The summed E-state index contributed by atoms with van der Waals surface area (Å²) in [6.07, 6.45) is 2.79. The first-order chi connectivity index (χ1) is 8.61. The molecule has 0 spiro atoms. The van der Waals surface area contributed by atoms with Gasteiger partial charge in [-0.25, -0.2) is 0 Å². The van der Waals surface area contributed by atoms with Crippen LogP contribution in [0.1, 0.15) is 37.9 Å². The third-order valence-corrected chi connectivity index (χ3v) is 4.35. The molecule has 0 bridgehead atoms. The Labute approximate surface area is 118 Å². The highest BCUT2D eigenvalue weighted by molar-refractivity contribution is 6.35. The highest BCUT2D eigenvalue weighted by Gasteiger charge is 2.28. The van der Waals surface area contributed by atoms with Crippen molar-refractivity contribution in [1.29, 1.82) is 0 Å². The van der Waals surface area contributed by atoms with Crippen molar-refractivity contribution in [3.05, 3.63) is 33.8 Å². The minimum absolute atomic E-state index is 0.0855. The van der Waals surface area contributed by atoms with Crippen molar-refractivity contribution in [2.75, 3.05) is 6.54 Å². The summed E-state index contributed by atoms with van der Waals surface area (Å²) in [5, 5.41) is 15.0. The topological polar surface area (TPSA) is 32.3 Å². The number of hydrogen-bond donors (Lipinski definition) is 2. The lowest BCUT2D eigenvalue weighted by molar-refractivity contribution is 0.0980. The first kappa shape index (κ1) is 14.1. The number of hydrogen-bond acceptors (Lipinski definition) is 2. The summed E-state index contributed by atoms with van der Waals surface area (Å²) in [5.74, 6) is 0.692. The molecule has 4 heteroatoms. The van der Waals surface area contributed by atoms with Crippen LogP contribution in [0.3, 0.4) is 0 Å². The number of rotatable bonds is 3. The van der Waals surface area contributed by atoms with Crippen LogP contribution < -0.4 is 5.32 Å². The summed E-state index contributed by atoms with van der Waals surface area (Å²) in [4.78, 5) is 0. The Bertz CT molecular complexity index is 411. The second-order valence-corrected chi connectivity index (χ2v) is 5.81. The standard InChI is InChI=1S/C14H19Cl2NO/c1-2-9-5-6-17-13(7-9)14(18)11-4-3-10(15)8-12(11)16/h3-4,8-9,13-14,17-18H,2,5-7H2,1H3. The maximum atomic E-state index is 10.4. The Morgan fingerprint density at radius 1 is 1.44 bits per heavy atom. The van der Waals surface area contributed by atoms with Gasteiger partial charge in [0.2, 0.25) is 0 Å². The van der Waals surface area contributed by atoms with E-state index in [2.05, 4.69) is 12.2 Å². The van der Waals surface area contributed by atoms with Gasteiger partial charge in [-0.15, -0.1) is 0 Å². The van der Waals surface area contributed by atoms with Gasteiger partial charge in [0.1, 0.15) is 0 Å². The average Bonchev–Trinajstić information content (AvgIpc) is 2.38. The minimum atomic E-state index is -0.566. The van der Waals surface area contributed by atoms with Crippen LogP contribution in [0.15, 0.2) is 18.2 Å². The van der Waals surface area contributed by atoms with Crippen LogP contribution in [0.2, 0.25) is 10.0 Å². The van der Waals surface area contributed by atoms with Crippen molar-refractivity contribution in [3.8, 4) is 0 Å². The van der Waals surface area contributed by atoms with E-state index in [1.807, 2.05) is 6.07 Å². The van der Waals surface area contributed by atoms with Crippen LogP contribution in [0, 0.1) is 5.92 Å². The van der Waals surface area contributed by atoms with E-state index in [0.29, 0.717) is 16.0 Å². The average molecular weight is 288 g/mol. The maximum absolute atomic E-state index is 10.4. The molecule has 1 heterocycles. The molecule has 3 unspecified atom stereocenters. The molecule has 1 aliphatic heterocycles. The number of aliphatic hydroxyl groups excluding tert-OH is 1. The fraction of sp³-hybridized carbons (Fsp3) is 0.571. The first-order valence-corrected chi connectivity index (χ1v) is 7.23. The Balaban J connectivity index is 2.12. The SMILES string of the molecule is CCC1CCNC(C(O)c2ccc(Cl)cc2Cl)C1. The second-order valence-electron chi connectivity index (χ2n) is 4.97. The van der Waals surface area contributed by atoms with Gasteiger partial charge < -0.3 is 10.4 Å². The first-order valence-electron chi connectivity index (χ1n) is 6.48. The maximum Gasteiger partial charge on any atom is 0.0957 e. The van der Waals surface area contributed by atoms with E-state index in [9.17, 15) is 5.11 Å². The van der Waals surface area contributed by atoms with Gasteiger partial charge in [-0.05, 0) is 37.4 Å². The number of benzene rings is 1. The number of piperidine rings is 1. The predicted octanol–water partition coefficient (Wildman–Crippen LogP) is 3.81. The Morgan fingerprint density at radius 3 is 2.89 bits per heavy atom. The Morgan fingerprint density at radius 2 is 2.22 bits per heavy atom. The van der Waals surface area contributed by atoms with E-state index in [1.54, 1.807) is 12.1 Å². The van der Waals surface area contributed by atoms with Crippen LogP contribution in [-0.2, 0) is 0 Å². The van der Waals surface area contributed by atoms with Crippen LogP contribution in [-0.4, -0.2) is 17.7 Å². The quantitative estimate of drug-likeness (QED) is 0.886. The Hall–Kier alpha value is -0.280. The fourth-order valence-electron chi connectivity index (χ4n) is 2.60. The number of halogens is 2. The van der Waals surface area contributed by atoms with Crippen molar-refractivity contribution in [2.24, 2.45) is 5.92 Å². The highest BCUT2D eigenvalue weighted by atomic mass is 35.5. The van der Waals surface area contributed by atoms with E-state index < -0.39 is 6.10 Å². The molecule has 1 fully saturated rings. The van der Waals surface area contributed by atoms with Gasteiger partial charge >= 0.3 is 0 Å². The van der Waals surface area contributed by atoms with Crippen LogP contribution in [0.4, 0.5) is 0 Å². The summed E-state index contributed by atoms with van der Waals surface area (Å²) < 4.78 is 0. The molecule has 100 valence electrons. The molecule has 0 saturated carbocycles. The number of nitrogens with one attached hydrogen (secondary N) is 1. The molecule has 0 aromatic heterocycles. The molecule has 18 heavy (non-hydrogen) atoms. The van der Waals surface area contributed by atoms with E-state index >= 15 is 0 Å². The molecule has 3 atom stereocenters. The summed E-state index contributed by atoms with van der Waals surface area (Å²) in [6.45, 7) is 3.17. The lowest BCUT2D eigenvalue weighted by Gasteiger charge is -2.33. The zero-order valence-electron chi connectivity index (χ0n) is 10.5. The molecule has 0 radical (unpaired) electrons. The molecule has 2 nitrogen and oxygen atoms in total. The van der Waals surface area contributed by atoms with Crippen molar-refractivity contribution < 1.29 is 5.11 Å². The normalized spacial score (nSPS) is 26.0. The predicted molar refractivity (Wildman–Crippen MR) is 76.2 cm³/mol. The largest absolute Gasteiger partial charge is 0.387 e. The van der Waals surface area contributed by atoms with Gasteiger partial charge in [-0.3, -0.25) is 0 Å². The van der Waals surface area contributed by atoms with E-state index in [4.69, 9.17) is 23.2 Å². The van der Waals surface area contributed by atoms with Gasteiger partial charge in [-0.2, -0.15) is 0 Å². The Kier molecular flexibility index (Phi) is 4.91. The van der Waals surface area contributed by atoms with E-state index in [1.165, 1.54) is 12.8 Å². The molecule has 0 aliphatic carbocycles. The van der Waals surface area contributed by atoms with Gasteiger partial charge in [0.15, 0.2) is 0 Å². The van der Waals surface area contributed by atoms with Crippen LogP contribution >= 0.6 is 23.2 Å². The van der Waals surface area contributed by atoms with E-state index in [-0.39, 0.29) is 6.04 Å². The summed E-state index contributed by atoms with van der Waals surface area (Å²) >= 11 is 12.0. The summed E-state index contributed by atoms with van der Waals surface area (Å²) in [7, 11) is 0. The van der Waals surface area contributed by atoms with Crippen molar-refractivity contribution >= 4 is 23.2 Å². The molecule has 0 amide bonds. The summed E-state index contributed by atoms with van der Waals surface area (Å²) in [6, 6.07) is 5.35. The zero-order chi connectivity index (χ0) is 13.1. The molecular weight excluding hydrogens is 269 g/mol. The molecule has 2 rings (SSSR count). The van der Waals surface area contributed by atoms with Crippen molar-refractivity contribution in [2.45, 2.75) is 38.3 Å². The van der Waals surface area contributed by atoms with Gasteiger partial charge in [0.05, 0.1) is 6.10 Å². The lowest BCUT2D eigenvalue weighted by atomic mass is 9.86. The fourth-order valence-corrected chi connectivity index (χ4v) is 3.12. The third-order valence-electron chi connectivity index (χ3n) is 3.79. The third kappa shape index (κ3) is 3.18. The smallest absolute Gasteiger partial charge is 0.0957 e. The molecule has 2 N–H and O–H groups in total. The minimum Gasteiger partial charge on any atom is -0.387 e.